The highest BCUT2D eigenvalue weighted by Crippen LogP contribution is 2.35. The molecule has 2 aromatic rings. The van der Waals surface area contributed by atoms with Crippen LogP contribution in [-0.2, 0) is 20.9 Å². The molecule has 1 N–H and O–H groups in total. The molecule has 30 heavy (non-hydrogen) atoms. The number of aromatic nitrogens is 1. The van der Waals surface area contributed by atoms with Gasteiger partial charge in [0.2, 0.25) is 5.91 Å². The summed E-state index contributed by atoms with van der Waals surface area (Å²) < 4.78 is 8.38. The maximum absolute atomic E-state index is 12.8. The summed E-state index contributed by atoms with van der Waals surface area (Å²) in [5.74, 6) is 0.176. The van der Waals surface area contributed by atoms with Crippen molar-refractivity contribution < 1.29 is 14.3 Å². The number of benzene rings is 1. The molecule has 0 saturated carbocycles. The maximum atomic E-state index is 12.8. The van der Waals surface area contributed by atoms with Crippen LogP contribution in [-0.4, -0.2) is 52.4 Å². The van der Waals surface area contributed by atoms with E-state index in [-0.39, 0.29) is 18.4 Å². The minimum atomic E-state index is -0.0957. The van der Waals surface area contributed by atoms with Gasteiger partial charge in [-0.1, -0.05) is 53.8 Å². The molecular formula is C21H24BrN3O3S2. The smallest absolute Gasteiger partial charge is 0.266 e. The van der Waals surface area contributed by atoms with Gasteiger partial charge < -0.3 is 14.6 Å². The molecule has 2 heterocycles. The summed E-state index contributed by atoms with van der Waals surface area (Å²) in [6.45, 7) is 5.84. The van der Waals surface area contributed by atoms with E-state index in [2.05, 4.69) is 35.1 Å². The Labute approximate surface area is 194 Å². The molecule has 1 aromatic carbocycles. The Balaban J connectivity index is 1.92. The molecule has 0 radical (unpaired) electrons. The van der Waals surface area contributed by atoms with Crippen molar-refractivity contribution in [2.45, 2.75) is 20.4 Å². The van der Waals surface area contributed by atoms with Crippen molar-refractivity contribution in [1.82, 2.24) is 14.8 Å². The number of nitrogens with zero attached hydrogens (tertiary/aromatic N) is 2. The lowest BCUT2D eigenvalue weighted by Gasteiger charge is -2.16. The molecule has 2 amide bonds. The third kappa shape index (κ3) is 5.32. The molecule has 3 rings (SSSR count). The first-order chi connectivity index (χ1) is 14.3. The number of halogens is 1. The van der Waals surface area contributed by atoms with Gasteiger partial charge in [0, 0.05) is 47.3 Å². The second-order valence-corrected chi connectivity index (χ2v) is 9.99. The van der Waals surface area contributed by atoms with Gasteiger partial charge in [0.15, 0.2) is 0 Å². The van der Waals surface area contributed by atoms with Crippen molar-refractivity contribution in [3.05, 3.63) is 39.3 Å². The van der Waals surface area contributed by atoms with Crippen LogP contribution < -0.4 is 5.32 Å². The number of carbonyl (C=O) groups is 2. The first kappa shape index (κ1) is 23.0. The average molecular weight is 510 g/mol. The van der Waals surface area contributed by atoms with Crippen LogP contribution in [0.25, 0.3) is 17.0 Å². The van der Waals surface area contributed by atoms with E-state index in [1.165, 1.54) is 11.8 Å². The second-order valence-electron chi connectivity index (χ2n) is 7.40. The van der Waals surface area contributed by atoms with Crippen LogP contribution in [0.3, 0.4) is 0 Å². The van der Waals surface area contributed by atoms with E-state index in [1.54, 1.807) is 12.0 Å². The third-order valence-electron chi connectivity index (χ3n) is 4.52. The lowest BCUT2D eigenvalue weighted by atomic mass is 10.1. The fourth-order valence-corrected chi connectivity index (χ4v) is 4.84. The van der Waals surface area contributed by atoms with Crippen LogP contribution in [0.15, 0.2) is 33.8 Å². The van der Waals surface area contributed by atoms with E-state index >= 15 is 0 Å². The standard InChI is InChI=1S/C21H24BrN3O3S2/c1-13(2)10-25-20(27)18(30-21(25)29)8-14-11-24(12-19(26)23-6-7-28-3)17-5-4-15(22)9-16(14)17/h4-5,8-9,11,13H,6-7,10,12H2,1-3H3,(H,23,26)/b18-8-. The van der Waals surface area contributed by atoms with Gasteiger partial charge in [0.1, 0.15) is 10.9 Å². The average Bonchev–Trinajstić information content (AvgIpc) is 3.13. The van der Waals surface area contributed by atoms with Crippen LogP contribution in [0.2, 0.25) is 0 Å². The van der Waals surface area contributed by atoms with Gasteiger partial charge >= 0.3 is 0 Å². The largest absolute Gasteiger partial charge is 0.383 e. The number of rotatable bonds is 8. The van der Waals surface area contributed by atoms with Crippen LogP contribution in [0.1, 0.15) is 19.4 Å². The van der Waals surface area contributed by atoms with Crippen molar-refractivity contribution in [3.8, 4) is 0 Å². The molecule has 1 aliphatic rings. The predicted molar refractivity (Wildman–Crippen MR) is 129 cm³/mol. The molecule has 9 heteroatoms. The number of hydrogen-bond donors (Lipinski definition) is 1. The van der Waals surface area contributed by atoms with Gasteiger partial charge in [-0.25, -0.2) is 0 Å². The highest BCUT2D eigenvalue weighted by Gasteiger charge is 2.32. The predicted octanol–water partition coefficient (Wildman–Crippen LogP) is 4.02. The summed E-state index contributed by atoms with van der Waals surface area (Å²) in [7, 11) is 1.60. The first-order valence-electron chi connectivity index (χ1n) is 9.59. The topological polar surface area (TPSA) is 63.6 Å². The fraction of sp³-hybridized carbons (Fsp3) is 0.381. The number of ether oxygens (including phenoxy) is 1. The van der Waals surface area contributed by atoms with E-state index < -0.39 is 0 Å². The number of methoxy groups -OCH3 is 1. The number of thiocarbonyl (C=S) groups is 1. The van der Waals surface area contributed by atoms with E-state index in [9.17, 15) is 9.59 Å². The molecule has 1 fully saturated rings. The SMILES string of the molecule is COCCNC(=O)Cn1cc(/C=C2\SC(=S)N(CC(C)C)C2=O)c2cc(Br)ccc21. The molecule has 0 atom stereocenters. The molecule has 0 bridgehead atoms. The van der Waals surface area contributed by atoms with Crippen LogP contribution >= 0.6 is 39.9 Å². The van der Waals surface area contributed by atoms with Gasteiger partial charge in [0.25, 0.3) is 5.91 Å². The van der Waals surface area contributed by atoms with Crippen molar-refractivity contribution in [2.75, 3.05) is 26.8 Å². The van der Waals surface area contributed by atoms with E-state index in [0.29, 0.717) is 34.8 Å². The molecular weight excluding hydrogens is 486 g/mol. The number of nitrogens with one attached hydrogen (secondary N) is 1. The summed E-state index contributed by atoms with van der Waals surface area (Å²) >= 11 is 10.2. The third-order valence-corrected chi connectivity index (χ3v) is 6.40. The number of hydrogen-bond acceptors (Lipinski definition) is 5. The fourth-order valence-electron chi connectivity index (χ4n) is 3.21. The number of carbonyl (C=O) groups excluding carboxylic acids is 2. The zero-order valence-electron chi connectivity index (χ0n) is 17.1. The van der Waals surface area contributed by atoms with Gasteiger partial charge in [0.05, 0.1) is 11.5 Å². The normalized spacial score (nSPS) is 15.8. The second kappa shape index (κ2) is 10.1. The Morgan fingerprint density at radius 1 is 1.40 bits per heavy atom. The summed E-state index contributed by atoms with van der Waals surface area (Å²) in [5, 5.41) is 3.80. The highest BCUT2D eigenvalue weighted by molar-refractivity contribution is 9.10. The summed E-state index contributed by atoms with van der Waals surface area (Å²) in [6, 6.07) is 5.89. The lowest BCUT2D eigenvalue weighted by molar-refractivity contribution is -0.123. The molecule has 1 aromatic heterocycles. The zero-order valence-corrected chi connectivity index (χ0v) is 20.3. The highest BCUT2D eigenvalue weighted by atomic mass is 79.9. The molecule has 1 saturated heterocycles. The Bertz CT molecular complexity index is 1020. The number of thioether (sulfide) groups is 1. The Morgan fingerprint density at radius 3 is 2.87 bits per heavy atom. The lowest BCUT2D eigenvalue weighted by Crippen LogP contribution is -2.31. The first-order valence-corrected chi connectivity index (χ1v) is 11.6. The van der Waals surface area contributed by atoms with E-state index in [0.717, 1.165) is 20.9 Å². The van der Waals surface area contributed by atoms with Gasteiger partial charge in [-0.15, -0.1) is 0 Å². The summed E-state index contributed by atoms with van der Waals surface area (Å²) in [4.78, 5) is 27.4. The Morgan fingerprint density at radius 2 is 2.17 bits per heavy atom. The van der Waals surface area contributed by atoms with Crippen molar-refractivity contribution in [3.63, 3.8) is 0 Å². The molecule has 0 spiro atoms. The van der Waals surface area contributed by atoms with Gasteiger partial charge in [-0.2, -0.15) is 0 Å². The molecule has 0 aliphatic carbocycles. The van der Waals surface area contributed by atoms with Crippen molar-refractivity contribution in [2.24, 2.45) is 5.92 Å². The van der Waals surface area contributed by atoms with E-state index in [4.69, 9.17) is 17.0 Å². The molecule has 0 unspecified atom stereocenters. The minimum Gasteiger partial charge on any atom is -0.383 e. The van der Waals surface area contributed by atoms with E-state index in [1.807, 2.05) is 35.0 Å². The zero-order chi connectivity index (χ0) is 21.8. The quantitative estimate of drug-likeness (QED) is 0.330. The minimum absolute atomic E-state index is 0.0631. The van der Waals surface area contributed by atoms with Crippen molar-refractivity contribution >= 4 is 73.0 Å². The Hall–Kier alpha value is -1.68. The Kier molecular flexibility index (Phi) is 7.73. The summed E-state index contributed by atoms with van der Waals surface area (Å²) in [6.07, 6.45) is 3.77. The summed E-state index contributed by atoms with van der Waals surface area (Å²) in [5.41, 5.74) is 1.80. The maximum Gasteiger partial charge on any atom is 0.266 e. The van der Waals surface area contributed by atoms with Crippen molar-refractivity contribution in [1.29, 1.82) is 0 Å². The van der Waals surface area contributed by atoms with Gasteiger partial charge in [-0.05, 0) is 30.2 Å². The molecule has 1 aliphatic heterocycles. The van der Waals surface area contributed by atoms with Gasteiger partial charge in [-0.3, -0.25) is 14.5 Å². The number of amides is 2. The van der Waals surface area contributed by atoms with Crippen LogP contribution in [0.4, 0.5) is 0 Å². The molecule has 160 valence electrons. The molecule has 6 nitrogen and oxygen atoms in total. The monoisotopic (exact) mass is 509 g/mol. The number of fused-ring (bicyclic) bond motifs is 1. The van der Waals surface area contributed by atoms with Crippen LogP contribution in [0, 0.1) is 5.92 Å². The van der Waals surface area contributed by atoms with Crippen LogP contribution in [0.5, 0.6) is 0 Å².